The van der Waals surface area contributed by atoms with E-state index in [1.54, 1.807) is 41.3 Å². The molecule has 170 valence electrons. The predicted molar refractivity (Wildman–Crippen MR) is 128 cm³/mol. The molecule has 0 aromatic heterocycles. The normalized spacial score (nSPS) is 22.8. The summed E-state index contributed by atoms with van der Waals surface area (Å²) in [6.07, 6.45) is 0.100. The van der Waals surface area contributed by atoms with E-state index < -0.39 is 9.84 Å². The first-order chi connectivity index (χ1) is 15.2. The Hall–Kier alpha value is -1.94. The standard InChI is InChI=1S/C21H20Cl2N2O5S2/c1-29-17-9-18(30-2)15(8-14(17)23)25-16-10-32(27,28)11-19(16)31-21(25)24-20(26)7-12-3-5-13(22)6-4-12/h3-6,8-9,16,19H,7,10-11H2,1-2H3/t16-,19+/m0/s1. The molecule has 0 N–H and O–H groups in total. The number of hydrogen-bond donors (Lipinski definition) is 0. The number of carbonyl (C=O) groups is 1. The second-order valence-corrected chi connectivity index (χ2v) is 11.6. The number of amidine groups is 1. The SMILES string of the molecule is COc1cc(OC)c(N2C(=NC(=O)Cc3ccc(Cl)cc3)S[C@@H]3CS(=O)(=O)C[C@@H]32)cc1Cl. The molecule has 2 aromatic rings. The third-order valence-electron chi connectivity index (χ3n) is 5.27. The van der Waals surface area contributed by atoms with Gasteiger partial charge in [-0.2, -0.15) is 4.99 Å². The van der Waals surface area contributed by atoms with E-state index in [4.69, 9.17) is 32.7 Å². The number of ether oxygens (including phenoxy) is 2. The van der Waals surface area contributed by atoms with Gasteiger partial charge in [0.15, 0.2) is 15.0 Å². The number of anilines is 1. The summed E-state index contributed by atoms with van der Waals surface area (Å²) in [4.78, 5) is 18.8. The minimum Gasteiger partial charge on any atom is -0.495 e. The molecular weight excluding hydrogens is 495 g/mol. The Kier molecular flexibility index (Phi) is 6.63. The average Bonchev–Trinajstić information content (AvgIpc) is 3.20. The van der Waals surface area contributed by atoms with Gasteiger partial charge < -0.3 is 14.4 Å². The lowest BCUT2D eigenvalue weighted by atomic mass is 10.1. The molecule has 2 fully saturated rings. The van der Waals surface area contributed by atoms with Crippen molar-refractivity contribution in [1.82, 2.24) is 0 Å². The fourth-order valence-electron chi connectivity index (χ4n) is 3.80. The molecule has 0 radical (unpaired) electrons. The summed E-state index contributed by atoms with van der Waals surface area (Å²) in [5.41, 5.74) is 1.32. The van der Waals surface area contributed by atoms with Crippen LogP contribution in [0.3, 0.4) is 0 Å². The zero-order valence-electron chi connectivity index (χ0n) is 17.2. The fraction of sp³-hybridized carbons (Fsp3) is 0.333. The van der Waals surface area contributed by atoms with Crippen molar-refractivity contribution in [3.63, 3.8) is 0 Å². The summed E-state index contributed by atoms with van der Waals surface area (Å²) in [6, 6.07) is 9.87. The van der Waals surface area contributed by atoms with Gasteiger partial charge in [0, 0.05) is 16.3 Å². The maximum absolute atomic E-state index is 12.7. The number of amides is 1. The molecule has 0 aliphatic carbocycles. The van der Waals surface area contributed by atoms with Crippen LogP contribution in [0.2, 0.25) is 10.0 Å². The maximum atomic E-state index is 12.7. The van der Waals surface area contributed by atoms with Crippen molar-refractivity contribution >= 4 is 61.6 Å². The second-order valence-electron chi connectivity index (χ2n) is 7.42. The fourth-order valence-corrected chi connectivity index (χ4v) is 8.09. The van der Waals surface area contributed by atoms with Gasteiger partial charge in [0.25, 0.3) is 5.91 Å². The highest BCUT2D eigenvalue weighted by atomic mass is 35.5. The summed E-state index contributed by atoms with van der Waals surface area (Å²) < 4.78 is 35.4. The van der Waals surface area contributed by atoms with Crippen LogP contribution >= 0.6 is 35.0 Å². The smallest absolute Gasteiger partial charge is 0.252 e. The maximum Gasteiger partial charge on any atom is 0.252 e. The number of fused-ring (bicyclic) bond motifs is 1. The molecule has 2 atom stereocenters. The first-order valence-corrected chi connectivity index (χ1v) is 13.1. The van der Waals surface area contributed by atoms with Crippen molar-refractivity contribution < 1.29 is 22.7 Å². The van der Waals surface area contributed by atoms with E-state index in [2.05, 4.69) is 4.99 Å². The number of thioether (sulfide) groups is 1. The lowest BCUT2D eigenvalue weighted by molar-refractivity contribution is -0.117. The number of methoxy groups -OCH3 is 2. The molecule has 32 heavy (non-hydrogen) atoms. The third kappa shape index (κ3) is 4.71. The van der Waals surface area contributed by atoms with Crippen LogP contribution < -0.4 is 14.4 Å². The average molecular weight is 515 g/mol. The van der Waals surface area contributed by atoms with Crippen LogP contribution in [0.4, 0.5) is 5.69 Å². The van der Waals surface area contributed by atoms with E-state index in [1.165, 1.54) is 26.0 Å². The second kappa shape index (κ2) is 9.13. The lowest BCUT2D eigenvalue weighted by Crippen LogP contribution is -2.38. The number of rotatable bonds is 5. The van der Waals surface area contributed by atoms with E-state index in [9.17, 15) is 13.2 Å². The van der Waals surface area contributed by atoms with Crippen LogP contribution in [0.25, 0.3) is 0 Å². The predicted octanol–water partition coefficient (Wildman–Crippen LogP) is 3.85. The molecule has 2 aromatic carbocycles. The molecule has 0 spiro atoms. The van der Waals surface area contributed by atoms with Gasteiger partial charge in [-0.3, -0.25) is 4.79 Å². The van der Waals surface area contributed by atoms with Gasteiger partial charge in [-0.15, -0.1) is 0 Å². The van der Waals surface area contributed by atoms with Gasteiger partial charge >= 0.3 is 0 Å². The number of carbonyl (C=O) groups excluding carboxylic acids is 1. The number of aliphatic imine (C=N–C) groups is 1. The highest BCUT2D eigenvalue weighted by Gasteiger charge is 2.50. The molecule has 1 amide bonds. The van der Waals surface area contributed by atoms with Crippen molar-refractivity contribution in [1.29, 1.82) is 0 Å². The molecule has 0 saturated carbocycles. The van der Waals surface area contributed by atoms with Gasteiger partial charge in [-0.25, -0.2) is 8.42 Å². The van der Waals surface area contributed by atoms with Crippen LogP contribution in [-0.4, -0.2) is 56.5 Å². The molecule has 2 aliphatic rings. The van der Waals surface area contributed by atoms with Crippen LogP contribution in [-0.2, 0) is 21.1 Å². The van der Waals surface area contributed by atoms with Gasteiger partial charge in [0.05, 0.1) is 48.9 Å². The number of benzene rings is 2. The Balaban J connectivity index is 1.72. The zero-order chi connectivity index (χ0) is 23.0. The van der Waals surface area contributed by atoms with Gasteiger partial charge in [-0.05, 0) is 23.8 Å². The molecule has 11 heteroatoms. The quantitative estimate of drug-likeness (QED) is 0.598. The van der Waals surface area contributed by atoms with Gasteiger partial charge in [-0.1, -0.05) is 47.1 Å². The molecule has 4 rings (SSSR count). The Morgan fingerprint density at radius 2 is 1.81 bits per heavy atom. The molecular formula is C21H20Cl2N2O5S2. The van der Waals surface area contributed by atoms with Gasteiger partial charge in [0.2, 0.25) is 0 Å². The van der Waals surface area contributed by atoms with Crippen molar-refractivity contribution in [2.24, 2.45) is 4.99 Å². The summed E-state index contributed by atoms with van der Waals surface area (Å²) in [7, 11) is -0.212. The minimum atomic E-state index is -3.21. The van der Waals surface area contributed by atoms with Crippen molar-refractivity contribution in [2.45, 2.75) is 17.7 Å². The zero-order valence-corrected chi connectivity index (χ0v) is 20.4. The lowest BCUT2D eigenvalue weighted by Gasteiger charge is -2.26. The van der Waals surface area contributed by atoms with Crippen LogP contribution in [0, 0.1) is 0 Å². The first-order valence-electron chi connectivity index (χ1n) is 9.64. The largest absolute Gasteiger partial charge is 0.495 e. The van der Waals surface area contributed by atoms with E-state index in [-0.39, 0.29) is 35.1 Å². The number of nitrogens with zero attached hydrogens (tertiary/aromatic N) is 2. The van der Waals surface area contributed by atoms with E-state index in [0.717, 1.165) is 5.56 Å². The molecule has 2 aliphatic heterocycles. The van der Waals surface area contributed by atoms with Crippen LogP contribution in [0.5, 0.6) is 11.5 Å². The number of halogens is 2. The van der Waals surface area contributed by atoms with Crippen molar-refractivity contribution in [2.75, 3.05) is 30.6 Å². The van der Waals surface area contributed by atoms with Crippen molar-refractivity contribution in [3.05, 3.63) is 52.0 Å². The molecule has 2 heterocycles. The Morgan fingerprint density at radius 3 is 2.47 bits per heavy atom. The monoisotopic (exact) mass is 514 g/mol. The highest BCUT2D eigenvalue weighted by Crippen LogP contribution is 2.46. The molecule has 2 saturated heterocycles. The third-order valence-corrected chi connectivity index (χ3v) is 9.03. The summed E-state index contributed by atoms with van der Waals surface area (Å²) in [5, 5.41) is 1.10. The first kappa shape index (κ1) is 23.2. The Morgan fingerprint density at radius 1 is 1.12 bits per heavy atom. The molecule has 7 nitrogen and oxygen atoms in total. The topological polar surface area (TPSA) is 85.3 Å². The van der Waals surface area contributed by atoms with Crippen molar-refractivity contribution in [3.8, 4) is 11.5 Å². The Bertz CT molecular complexity index is 1190. The highest BCUT2D eigenvalue weighted by molar-refractivity contribution is 8.16. The van der Waals surface area contributed by atoms with E-state index >= 15 is 0 Å². The Labute approximate surface area is 200 Å². The van der Waals surface area contributed by atoms with E-state index in [0.29, 0.717) is 32.4 Å². The summed E-state index contributed by atoms with van der Waals surface area (Å²) in [6.45, 7) is 0. The summed E-state index contributed by atoms with van der Waals surface area (Å²) >= 11 is 13.6. The van der Waals surface area contributed by atoms with Crippen LogP contribution in [0.1, 0.15) is 5.56 Å². The number of sulfone groups is 1. The molecule has 0 unspecified atom stereocenters. The molecule has 0 bridgehead atoms. The number of hydrogen-bond acceptors (Lipinski definition) is 6. The van der Waals surface area contributed by atoms with Crippen LogP contribution in [0.15, 0.2) is 41.4 Å². The minimum absolute atomic E-state index is 0.0232. The summed E-state index contributed by atoms with van der Waals surface area (Å²) in [5.74, 6) is 0.500. The van der Waals surface area contributed by atoms with E-state index in [1.807, 2.05) is 0 Å². The van der Waals surface area contributed by atoms with Gasteiger partial charge in [0.1, 0.15) is 11.5 Å².